The Hall–Kier alpha value is -5.15. The number of hydrogen-bond donors (Lipinski definition) is 0. The van der Waals surface area contributed by atoms with Crippen LogP contribution in [-0.4, -0.2) is 25.2 Å². The van der Waals surface area contributed by atoms with E-state index in [4.69, 9.17) is 14.2 Å². The van der Waals surface area contributed by atoms with Gasteiger partial charge in [0.05, 0.1) is 12.0 Å². The summed E-state index contributed by atoms with van der Waals surface area (Å²) in [5.41, 5.74) is -1.19. The topological polar surface area (TPSA) is 70.8 Å². The lowest BCUT2D eigenvalue weighted by molar-refractivity contribution is -0.388. The maximum atomic E-state index is 13.2. The highest BCUT2D eigenvalue weighted by Crippen LogP contribution is 2.38. The summed E-state index contributed by atoms with van der Waals surface area (Å²) in [5, 5.41) is 12.7. The average molecular weight is 531 g/mol. The van der Waals surface area contributed by atoms with Gasteiger partial charge < -0.3 is 14.2 Å². The van der Waals surface area contributed by atoms with Crippen LogP contribution in [0.25, 0.3) is 10.8 Å². The Bertz CT molecular complexity index is 1640. The summed E-state index contributed by atoms with van der Waals surface area (Å²) in [6.45, 7) is -0.104. The van der Waals surface area contributed by atoms with Crippen LogP contribution in [0.3, 0.4) is 0 Å². The van der Waals surface area contributed by atoms with E-state index < -0.39 is 22.4 Å². The number of methoxy groups -OCH3 is 1. The maximum absolute atomic E-state index is 13.2. The molecule has 0 heterocycles. The van der Waals surface area contributed by atoms with Crippen LogP contribution in [-0.2, 0) is 6.18 Å². The number of nitrogens with zero attached hydrogens (tertiary/aromatic N) is 1. The monoisotopic (exact) mass is 531 g/mol. The molecule has 0 atom stereocenters. The van der Waals surface area contributed by atoms with Crippen molar-refractivity contribution in [2.24, 2.45) is 0 Å². The van der Waals surface area contributed by atoms with Crippen LogP contribution in [0.15, 0.2) is 78.9 Å². The summed E-state index contributed by atoms with van der Waals surface area (Å²) in [4.78, 5) is 9.80. The molecular weight excluding hydrogens is 511 g/mol. The largest absolute Gasteiger partial charge is 0.496 e. The van der Waals surface area contributed by atoms with Gasteiger partial charge in [0.1, 0.15) is 36.0 Å². The average Bonchev–Trinajstić information content (AvgIpc) is 2.93. The molecule has 0 saturated carbocycles. The van der Waals surface area contributed by atoms with Gasteiger partial charge in [0.2, 0.25) is 0 Å². The molecule has 6 nitrogen and oxygen atoms in total. The first kappa shape index (κ1) is 26.9. The van der Waals surface area contributed by atoms with Crippen molar-refractivity contribution < 1.29 is 32.3 Å². The molecule has 0 aliphatic carbocycles. The molecule has 0 spiro atoms. The Kier molecular flexibility index (Phi) is 8.23. The number of benzene rings is 4. The van der Waals surface area contributed by atoms with E-state index in [2.05, 4.69) is 23.7 Å². The Morgan fingerprint density at radius 1 is 0.795 bits per heavy atom. The standard InChI is InChI=1S/C30H20F3NO5/c1-37-28-16-17-29(25-13-5-4-12-24(25)28)39-19-7-11-22-9-3-2-8-21(22)10-6-18-38-23-14-15-27(34(35)36)26(20-23)30(31,32)33/h2-5,8-9,12-17,20H,18-19H2,1H3. The second-order valence-electron chi connectivity index (χ2n) is 7.97. The summed E-state index contributed by atoms with van der Waals surface area (Å²) in [6.07, 6.45) is -4.89. The van der Waals surface area contributed by atoms with Crippen molar-refractivity contribution in [1.29, 1.82) is 0 Å². The van der Waals surface area contributed by atoms with Crippen LogP contribution in [0.2, 0.25) is 0 Å². The van der Waals surface area contributed by atoms with Gasteiger partial charge in [-0.15, -0.1) is 0 Å². The van der Waals surface area contributed by atoms with E-state index in [0.717, 1.165) is 28.7 Å². The fourth-order valence-corrected chi connectivity index (χ4v) is 3.74. The fraction of sp³-hybridized carbons (Fsp3) is 0.133. The molecule has 4 aromatic carbocycles. The lowest BCUT2D eigenvalue weighted by Crippen LogP contribution is -2.09. The molecule has 0 saturated heterocycles. The highest BCUT2D eigenvalue weighted by molar-refractivity contribution is 5.93. The van der Waals surface area contributed by atoms with Gasteiger partial charge in [-0.3, -0.25) is 10.1 Å². The zero-order chi connectivity index (χ0) is 27.8. The molecule has 39 heavy (non-hydrogen) atoms. The van der Waals surface area contributed by atoms with Gasteiger partial charge >= 0.3 is 6.18 Å². The van der Waals surface area contributed by atoms with Crippen molar-refractivity contribution in [3.05, 3.63) is 106 Å². The highest BCUT2D eigenvalue weighted by atomic mass is 19.4. The van der Waals surface area contributed by atoms with Crippen molar-refractivity contribution >= 4 is 16.5 Å². The van der Waals surface area contributed by atoms with Crippen LogP contribution in [0.1, 0.15) is 16.7 Å². The number of alkyl halides is 3. The van der Waals surface area contributed by atoms with Gasteiger partial charge in [0.15, 0.2) is 0 Å². The molecular formula is C30H20F3NO5. The van der Waals surface area contributed by atoms with Crippen LogP contribution in [0.5, 0.6) is 17.2 Å². The molecule has 0 bridgehead atoms. The normalized spacial score (nSPS) is 10.6. The number of halogens is 3. The number of ether oxygens (including phenoxy) is 3. The third-order valence-corrected chi connectivity index (χ3v) is 5.52. The van der Waals surface area contributed by atoms with Crippen molar-refractivity contribution in [2.45, 2.75) is 6.18 Å². The molecule has 0 aliphatic rings. The second kappa shape index (κ2) is 11.9. The van der Waals surface area contributed by atoms with E-state index in [1.165, 1.54) is 0 Å². The first-order valence-electron chi connectivity index (χ1n) is 11.5. The molecule has 0 unspecified atom stereocenters. The van der Waals surface area contributed by atoms with E-state index >= 15 is 0 Å². The summed E-state index contributed by atoms with van der Waals surface area (Å²) in [7, 11) is 1.61. The molecule has 4 rings (SSSR count). The van der Waals surface area contributed by atoms with E-state index in [0.29, 0.717) is 22.9 Å². The molecule has 4 aromatic rings. The Labute approximate surface area is 222 Å². The lowest BCUT2D eigenvalue weighted by Gasteiger charge is -2.10. The summed E-state index contributed by atoms with van der Waals surface area (Å²) < 4.78 is 56.0. The number of nitro groups is 1. The maximum Gasteiger partial charge on any atom is 0.423 e. The smallest absolute Gasteiger partial charge is 0.423 e. The number of fused-ring (bicyclic) bond motifs is 1. The summed E-state index contributed by atoms with van der Waals surface area (Å²) in [6, 6.07) is 20.9. The molecule has 0 N–H and O–H groups in total. The van der Waals surface area contributed by atoms with E-state index in [1.807, 2.05) is 36.4 Å². The first-order valence-corrected chi connectivity index (χ1v) is 11.5. The van der Waals surface area contributed by atoms with Crippen LogP contribution in [0, 0.1) is 33.8 Å². The SMILES string of the molecule is COc1ccc(OCC#Cc2ccccc2C#CCOc2ccc([N+](=O)[O-])c(C(F)(F)F)c2)c2ccccc12. The Morgan fingerprint density at radius 2 is 1.36 bits per heavy atom. The third kappa shape index (κ3) is 6.60. The van der Waals surface area contributed by atoms with Crippen LogP contribution in [0.4, 0.5) is 18.9 Å². The first-order chi connectivity index (χ1) is 18.8. The Balaban J connectivity index is 1.42. The highest BCUT2D eigenvalue weighted by Gasteiger charge is 2.38. The van der Waals surface area contributed by atoms with Crippen molar-refractivity contribution in [3.63, 3.8) is 0 Å². The van der Waals surface area contributed by atoms with Crippen molar-refractivity contribution in [1.82, 2.24) is 0 Å². The van der Waals surface area contributed by atoms with Crippen molar-refractivity contribution in [3.8, 4) is 40.9 Å². The minimum Gasteiger partial charge on any atom is -0.496 e. The van der Waals surface area contributed by atoms with Gasteiger partial charge in [-0.05, 0) is 36.4 Å². The zero-order valence-corrected chi connectivity index (χ0v) is 20.5. The van der Waals surface area contributed by atoms with Gasteiger partial charge in [-0.2, -0.15) is 13.2 Å². The molecule has 0 fully saturated rings. The summed E-state index contributed by atoms with van der Waals surface area (Å²) in [5.74, 6) is 12.9. The predicted molar refractivity (Wildman–Crippen MR) is 140 cm³/mol. The van der Waals surface area contributed by atoms with Crippen LogP contribution < -0.4 is 14.2 Å². The minimum atomic E-state index is -4.89. The molecule has 0 aromatic heterocycles. The second-order valence-corrected chi connectivity index (χ2v) is 7.97. The van der Waals surface area contributed by atoms with Crippen LogP contribution >= 0.6 is 0 Å². The van der Waals surface area contributed by atoms with Crippen molar-refractivity contribution in [2.75, 3.05) is 20.3 Å². The van der Waals surface area contributed by atoms with Gasteiger partial charge in [-0.1, -0.05) is 60.1 Å². The fourth-order valence-electron chi connectivity index (χ4n) is 3.74. The van der Waals surface area contributed by atoms with Gasteiger partial charge in [-0.25, -0.2) is 0 Å². The van der Waals surface area contributed by atoms with E-state index in [1.54, 1.807) is 31.4 Å². The molecule has 9 heteroatoms. The number of rotatable bonds is 6. The quantitative estimate of drug-likeness (QED) is 0.159. The summed E-state index contributed by atoms with van der Waals surface area (Å²) >= 11 is 0. The molecule has 0 amide bonds. The van der Waals surface area contributed by atoms with Gasteiger partial charge in [0.25, 0.3) is 5.69 Å². The van der Waals surface area contributed by atoms with E-state index in [9.17, 15) is 23.3 Å². The number of hydrogen-bond acceptors (Lipinski definition) is 5. The zero-order valence-electron chi connectivity index (χ0n) is 20.5. The lowest BCUT2D eigenvalue weighted by atomic mass is 10.1. The van der Waals surface area contributed by atoms with Gasteiger partial charge in [0, 0.05) is 28.0 Å². The molecule has 0 aliphatic heterocycles. The van der Waals surface area contributed by atoms with E-state index in [-0.39, 0.29) is 19.0 Å². The minimum absolute atomic E-state index is 0.128. The predicted octanol–water partition coefficient (Wildman–Crippen LogP) is 6.64. The number of nitro benzene ring substituents is 1. The molecule has 196 valence electrons. The molecule has 0 radical (unpaired) electrons. The third-order valence-electron chi connectivity index (χ3n) is 5.52. The Morgan fingerprint density at radius 3 is 1.95 bits per heavy atom.